The molecule has 0 saturated carbocycles. The SMILES string of the molecule is N=CN.OCCO. The van der Waals surface area contributed by atoms with E-state index >= 15 is 0 Å². The minimum absolute atomic E-state index is 0.125. The third-order valence-electron chi connectivity index (χ3n) is 0.1000. The van der Waals surface area contributed by atoms with Crippen molar-refractivity contribution in [2.24, 2.45) is 5.73 Å². The number of aliphatic hydroxyl groups is 2. The Balaban J connectivity index is 0. The molecule has 0 rings (SSSR count). The minimum Gasteiger partial charge on any atom is -0.394 e. The van der Waals surface area contributed by atoms with Crippen molar-refractivity contribution in [2.75, 3.05) is 13.2 Å². The molecular weight excluding hydrogens is 96.0 g/mol. The van der Waals surface area contributed by atoms with Gasteiger partial charge in [-0.2, -0.15) is 0 Å². The summed E-state index contributed by atoms with van der Waals surface area (Å²) in [6, 6.07) is 0. The van der Waals surface area contributed by atoms with Crippen molar-refractivity contribution >= 4 is 6.34 Å². The number of aliphatic hydroxyl groups excluding tert-OH is 2. The van der Waals surface area contributed by atoms with Crippen molar-refractivity contribution < 1.29 is 10.2 Å². The van der Waals surface area contributed by atoms with E-state index in [1.807, 2.05) is 0 Å². The van der Waals surface area contributed by atoms with Crippen LogP contribution in [0.2, 0.25) is 0 Å². The largest absolute Gasteiger partial charge is 0.394 e. The van der Waals surface area contributed by atoms with E-state index in [9.17, 15) is 0 Å². The highest BCUT2D eigenvalue weighted by atomic mass is 16.3. The van der Waals surface area contributed by atoms with Crippen LogP contribution in [0, 0.1) is 5.41 Å². The molecule has 0 saturated heterocycles. The molecule has 0 unspecified atom stereocenters. The minimum atomic E-state index is -0.125. The van der Waals surface area contributed by atoms with Gasteiger partial charge in [-0.3, -0.25) is 5.41 Å². The topological polar surface area (TPSA) is 90.3 Å². The molecule has 0 aliphatic rings. The fourth-order valence-electron chi connectivity index (χ4n) is 0. The molecule has 0 aromatic rings. The highest BCUT2D eigenvalue weighted by Crippen LogP contribution is 1.39. The number of rotatable bonds is 1. The Morgan fingerprint density at radius 3 is 1.57 bits per heavy atom. The zero-order valence-corrected chi connectivity index (χ0v) is 3.96. The Morgan fingerprint density at radius 1 is 1.43 bits per heavy atom. The molecule has 0 fully saturated rings. The lowest BCUT2D eigenvalue weighted by Gasteiger charge is -1.70. The molecule has 0 bridgehead atoms. The number of nitrogens with two attached hydrogens (primary N) is 1. The van der Waals surface area contributed by atoms with Crippen LogP contribution in [0.15, 0.2) is 0 Å². The summed E-state index contributed by atoms with van der Waals surface area (Å²) in [6.45, 7) is -0.250. The van der Waals surface area contributed by atoms with Crippen LogP contribution in [0.1, 0.15) is 0 Å². The van der Waals surface area contributed by atoms with Crippen LogP contribution in [-0.2, 0) is 0 Å². The third kappa shape index (κ3) is 407. The first-order valence-electron chi connectivity index (χ1n) is 1.75. The second-order valence-electron chi connectivity index (χ2n) is 0.614. The van der Waals surface area contributed by atoms with E-state index in [0.717, 1.165) is 6.34 Å². The average Bonchev–Trinajstić information content (AvgIpc) is 1.69. The predicted octanol–water partition coefficient (Wildman–Crippen LogP) is -1.48. The maximum absolute atomic E-state index is 7.62. The summed E-state index contributed by atoms with van der Waals surface area (Å²) in [5.74, 6) is 0. The van der Waals surface area contributed by atoms with Gasteiger partial charge in [0.05, 0.1) is 19.6 Å². The van der Waals surface area contributed by atoms with E-state index in [1.165, 1.54) is 0 Å². The molecule has 7 heavy (non-hydrogen) atoms. The molecule has 0 heterocycles. The van der Waals surface area contributed by atoms with Crippen LogP contribution in [0.25, 0.3) is 0 Å². The molecule has 44 valence electrons. The van der Waals surface area contributed by atoms with Gasteiger partial charge in [-0.15, -0.1) is 0 Å². The molecule has 0 aromatic carbocycles. The van der Waals surface area contributed by atoms with Crippen LogP contribution in [0.3, 0.4) is 0 Å². The summed E-state index contributed by atoms with van der Waals surface area (Å²) in [5, 5.41) is 21.1. The number of hydrogen-bond acceptors (Lipinski definition) is 3. The Bertz CT molecular complexity index is 30.1. The quantitative estimate of drug-likeness (QED) is 0.243. The highest BCUT2D eigenvalue weighted by molar-refractivity contribution is 5.46. The van der Waals surface area contributed by atoms with Gasteiger partial charge in [0, 0.05) is 0 Å². The van der Waals surface area contributed by atoms with Crippen molar-refractivity contribution in [3.05, 3.63) is 0 Å². The molecule has 0 radical (unpaired) electrons. The molecular formula is C3H10N2O2. The van der Waals surface area contributed by atoms with Crippen LogP contribution in [-0.4, -0.2) is 29.8 Å². The Hall–Kier alpha value is -0.610. The first kappa shape index (κ1) is 9.63. The van der Waals surface area contributed by atoms with E-state index in [4.69, 9.17) is 15.6 Å². The molecule has 5 N–H and O–H groups in total. The summed E-state index contributed by atoms with van der Waals surface area (Å²) in [4.78, 5) is 0. The summed E-state index contributed by atoms with van der Waals surface area (Å²) in [6.07, 6.45) is 0.750. The summed E-state index contributed by atoms with van der Waals surface area (Å²) in [7, 11) is 0. The van der Waals surface area contributed by atoms with Gasteiger partial charge < -0.3 is 15.9 Å². The zero-order valence-electron chi connectivity index (χ0n) is 3.96. The highest BCUT2D eigenvalue weighted by Gasteiger charge is 1.58. The van der Waals surface area contributed by atoms with Crippen molar-refractivity contribution in [2.45, 2.75) is 0 Å². The molecule has 4 heteroatoms. The summed E-state index contributed by atoms with van der Waals surface area (Å²) in [5.41, 5.74) is 4.39. The summed E-state index contributed by atoms with van der Waals surface area (Å²) >= 11 is 0. The Morgan fingerprint density at radius 2 is 1.57 bits per heavy atom. The maximum Gasteiger partial charge on any atom is 0.0765 e. The van der Waals surface area contributed by atoms with E-state index in [0.29, 0.717) is 0 Å². The van der Waals surface area contributed by atoms with Crippen molar-refractivity contribution in [3.8, 4) is 0 Å². The summed E-state index contributed by atoms with van der Waals surface area (Å²) < 4.78 is 0. The first-order chi connectivity index (χ1) is 3.33. The van der Waals surface area contributed by atoms with Gasteiger partial charge in [-0.05, 0) is 0 Å². The lowest BCUT2D eigenvalue weighted by Crippen LogP contribution is -1.85. The van der Waals surface area contributed by atoms with Gasteiger partial charge in [0.25, 0.3) is 0 Å². The standard InChI is InChI=1S/C2H6O2.CH4N2/c3-1-2-4;2-1-3/h3-4H,1-2H2;1H,(H3,2,3). The molecule has 0 aliphatic heterocycles. The molecule has 0 spiro atoms. The first-order valence-corrected chi connectivity index (χ1v) is 1.75. The molecule has 0 aromatic heterocycles. The second kappa shape index (κ2) is 18.2. The van der Waals surface area contributed by atoms with Gasteiger partial charge >= 0.3 is 0 Å². The molecule has 0 aliphatic carbocycles. The molecule has 0 amide bonds. The predicted molar refractivity (Wildman–Crippen MR) is 27.1 cm³/mol. The fourth-order valence-corrected chi connectivity index (χ4v) is 0. The smallest absolute Gasteiger partial charge is 0.0765 e. The van der Waals surface area contributed by atoms with E-state index in [2.05, 4.69) is 5.73 Å². The van der Waals surface area contributed by atoms with Crippen LogP contribution in [0.4, 0.5) is 0 Å². The van der Waals surface area contributed by atoms with Crippen molar-refractivity contribution in [1.29, 1.82) is 5.41 Å². The average molecular weight is 106 g/mol. The number of nitrogens with one attached hydrogen (secondary N) is 1. The fraction of sp³-hybridized carbons (Fsp3) is 0.667. The third-order valence-corrected chi connectivity index (χ3v) is 0.1000. The second-order valence-corrected chi connectivity index (χ2v) is 0.614. The van der Waals surface area contributed by atoms with E-state index < -0.39 is 0 Å². The maximum atomic E-state index is 7.62. The lowest BCUT2D eigenvalue weighted by molar-refractivity contribution is 0.186. The van der Waals surface area contributed by atoms with Crippen LogP contribution in [0.5, 0.6) is 0 Å². The van der Waals surface area contributed by atoms with Crippen LogP contribution >= 0.6 is 0 Å². The zero-order chi connectivity index (χ0) is 6.12. The normalized spacial score (nSPS) is 6.00. The van der Waals surface area contributed by atoms with Gasteiger partial charge in [0.2, 0.25) is 0 Å². The van der Waals surface area contributed by atoms with E-state index in [1.54, 1.807) is 0 Å². The monoisotopic (exact) mass is 106 g/mol. The van der Waals surface area contributed by atoms with Gasteiger partial charge in [0.15, 0.2) is 0 Å². The lowest BCUT2D eigenvalue weighted by atomic mass is 10.8. The Kier molecular flexibility index (Phi) is 25.0. The number of hydrogen-bond donors (Lipinski definition) is 4. The van der Waals surface area contributed by atoms with Gasteiger partial charge in [0.1, 0.15) is 0 Å². The van der Waals surface area contributed by atoms with Gasteiger partial charge in [-0.25, -0.2) is 0 Å². The van der Waals surface area contributed by atoms with Crippen molar-refractivity contribution in [1.82, 2.24) is 0 Å². The Labute approximate surface area is 42.1 Å². The van der Waals surface area contributed by atoms with Gasteiger partial charge in [-0.1, -0.05) is 0 Å². The molecule has 4 nitrogen and oxygen atoms in total. The van der Waals surface area contributed by atoms with Crippen LogP contribution < -0.4 is 5.73 Å². The molecule has 0 atom stereocenters. The van der Waals surface area contributed by atoms with E-state index in [-0.39, 0.29) is 13.2 Å². The van der Waals surface area contributed by atoms with Crippen molar-refractivity contribution in [3.63, 3.8) is 0 Å².